The molecule has 0 saturated heterocycles. The minimum absolute atomic E-state index is 0.213. The largest absolute Gasteiger partial charge is 0.497 e. The van der Waals surface area contributed by atoms with Gasteiger partial charge in [-0.15, -0.1) is 0 Å². The number of methoxy groups -OCH3 is 1. The molecule has 1 N–H and O–H groups in total. The van der Waals surface area contributed by atoms with Crippen molar-refractivity contribution in [1.82, 2.24) is 5.32 Å². The van der Waals surface area contributed by atoms with E-state index in [0.717, 1.165) is 11.3 Å². The van der Waals surface area contributed by atoms with E-state index in [-0.39, 0.29) is 11.7 Å². The van der Waals surface area contributed by atoms with Crippen molar-refractivity contribution in [2.24, 2.45) is 0 Å². The summed E-state index contributed by atoms with van der Waals surface area (Å²) in [5, 5.41) is 2.89. The molecule has 1 aromatic heterocycles. The van der Waals surface area contributed by atoms with Gasteiger partial charge in [-0.2, -0.15) is 0 Å². The number of benzene rings is 2. The van der Waals surface area contributed by atoms with E-state index < -0.39 is 0 Å². The standard InChI is InChI=1S/C20H17NO4/c1-24-15-8-6-14(7-9-15)12-21-20(23)18-5-3-2-4-17(18)19-11-10-16(13-22)25-19/h2-11,13H,12H2,1H3,(H,21,23). The molecule has 0 unspecified atom stereocenters. The van der Waals surface area contributed by atoms with Crippen molar-refractivity contribution in [3.8, 4) is 17.1 Å². The van der Waals surface area contributed by atoms with Crippen LogP contribution in [-0.2, 0) is 6.54 Å². The van der Waals surface area contributed by atoms with Crippen molar-refractivity contribution >= 4 is 12.2 Å². The van der Waals surface area contributed by atoms with Gasteiger partial charge in [0, 0.05) is 12.1 Å². The molecule has 0 atom stereocenters. The van der Waals surface area contributed by atoms with Crippen LogP contribution in [0.25, 0.3) is 11.3 Å². The topological polar surface area (TPSA) is 68.5 Å². The summed E-state index contributed by atoms with van der Waals surface area (Å²) >= 11 is 0. The summed E-state index contributed by atoms with van der Waals surface area (Å²) in [6, 6.07) is 17.9. The number of nitrogens with one attached hydrogen (secondary N) is 1. The molecule has 0 aliphatic rings. The predicted molar refractivity (Wildman–Crippen MR) is 93.7 cm³/mol. The number of furan rings is 1. The van der Waals surface area contributed by atoms with Gasteiger partial charge in [0.05, 0.1) is 12.7 Å². The van der Waals surface area contributed by atoms with Gasteiger partial charge in [0.25, 0.3) is 5.91 Å². The highest BCUT2D eigenvalue weighted by Crippen LogP contribution is 2.25. The average molecular weight is 335 g/mol. The van der Waals surface area contributed by atoms with Crippen LogP contribution in [0.1, 0.15) is 26.5 Å². The van der Waals surface area contributed by atoms with Crippen LogP contribution >= 0.6 is 0 Å². The van der Waals surface area contributed by atoms with Gasteiger partial charge in [-0.3, -0.25) is 9.59 Å². The Balaban J connectivity index is 1.76. The fraction of sp³-hybridized carbons (Fsp3) is 0.100. The minimum atomic E-state index is -0.213. The van der Waals surface area contributed by atoms with E-state index in [9.17, 15) is 9.59 Å². The van der Waals surface area contributed by atoms with Gasteiger partial charge in [0.1, 0.15) is 11.5 Å². The van der Waals surface area contributed by atoms with Crippen molar-refractivity contribution in [1.29, 1.82) is 0 Å². The van der Waals surface area contributed by atoms with Gasteiger partial charge in [0.2, 0.25) is 0 Å². The molecule has 0 saturated carbocycles. The van der Waals surface area contributed by atoms with E-state index in [1.54, 1.807) is 37.4 Å². The molecule has 0 aliphatic heterocycles. The zero-order valence-corrected chi connectivity index (χ0v) is 13.7. The van der Waals surface area contributed by atoms with Gasteiger partial charge in [-0.05, 0) is 35.9 Å². The number of amides is 1. The molecule has 3 aromatic rings. The lowest BCUT2D eigenvalue weighted by Crippen LogP contribution is -2.23. The Morgan fingerprint density at radius 3 is 2.52 bits per heavy atom. The first kappa shape index (κ1) is 16.5. The van der Waals surface area contributed by atoms with E-state index >= 15 is 0 Å². The molecule has 126 valence electrons. The third-order valence-corrected chi connectivity index (χ3v) is 3.79. The van der Waals surface area contributed by atoms with Crippen LogP contribution in [0.5, 0.6) is 5.75 Å². The SMILES string of the molecule is COc1ccc(CNC(=O)c2ccccc2-c2ccc(C=O)o2)cc1. The molecule has 0 aliphatic carbocycles. The summed E-state index contributed by atoms with van der Waals surface area (Å²) in [7, 11) is 1.61. The summed E-state index contributed by atoms with van der Waals surface area (Å²) in [5.74, 6) is 1.26. The Kier molecular flexibility index (Phi) is 4.95. The van der Waals surface area contributed by atoms with Crippen molar-refractivity contribution in [3.05, 3.63) is 77.6 Å². The van der Waals surface area contributed by atoms with Crippen molar-refractivity contribution < 1.29 is 18.7 Å². The van der Waals surface area contributed by atoms with Crippen molar-refractivity contribution in [3.63, 3.8) is 0 Å². The highest BCUT2D eigenvalue weighted by atomic mass is 16.5. The van der Waals surface area contributed by atoms with Gasteiger partial charge in [-0.1, -0.05) is 30.3 Å². The predicted octanol–water partition coefficient (Wildman–Crippen LogP) is 3.70. The molecule has 5 heteroatoms. The quantitative estimate of drug-likeness (QED) is 0.698. The summed E-state index contributed by atoms with van der Waals surface area (Å²) in [6.45, 7) is 0.398. The Bertz CT molecular complexity index is 881. The maximum absolute atomic E-state index is 12.6. The maximum Gasteiger partial charge on any atom is 0.252 e. The molecule has 1 heterocycles. The number of aldehydes is 1. The Labute approximate surface area is 145 Å². The fourth-order valence-corrected chi connectivity index (χ4v) is 2.48. The highest BCUT2D eigenvalue weighted by molar-refractivity contribution is 6.00. The van der Waals surface area contributed by atoms with Gasteiger partial charge in [0.15, 0.2) is 12.0 Å². The van der Waals surface area contributed by atoms with Crippen LogP contribution in [-0.4, -0.2) is 19.3 Å². The molecule has 2 aromatic carbocycles. The van der Waals surface area contributed by atoms with Gasteiger partial charge < -0.3 is 14.5 Å². The summed E-state index contributed by atoms with van der Waals surface area (Å²) < 4.78 is 10.6. The number of carbonyl (C=O) groups is 2. The fourth-order valence-electron chi connectivity index (χ4n) is 2.48. The monoisotopic (exact) mass is 335 g/mol. The Morgan fingerprint density at radius 2 is 1.84 bits per heavy atom. The lowest BCUT2D eigenvalue weighted by Gasteiger charge is -2.09. The maximum atomic E-state index is 12.6. The number of hydrogen-bond acceptors (Lipinski definition) is 4. The van der Waals surface area contributed by atoms with E-state index in [0.29, 0.717) is 29.7 Å². The zero-order chi connectivity index (χ0) is 17.6. The third-order valence-electron chi connectivity index (χ3n) is 3.79. The molecule has 0 bridgehead atoms. The molecule has 1 amide bonds. The van der Waals surface area contributed by atoms with Crippen LogP contribution in [0.4, 0.5) is 0 Å². The van der Waals surface area contributed by atoms with E-state index in [2.05, 4.69) is 5.32 Å². The first-order valence-corrected chi connectivity index (χ1v) is 7.77. The summed E-state index contributed by atoms with van der Waals surface area (Å²) in [4.78, 5) is 23.4. The second-order valence-electron chi connectivity index (χ2n) is 5.40. The van der Waals surface area contributed by atoms with Crippen LogP contribution in [0, 0.1) is 0 Å². The first-order chi connectivity index (χ1) is 12.2. The number of ether oxygens (including phenoxy) is 1. The minimum Gasteiger partial charge on any atom is -0.497 e. The van der Waals surface area contributed by atoms with Crippen LogP contribution < -0.4 is 10.1 Å². The van der Waals surface area contributed by atoms with Crippen molar-refractivity contribution in [2.75, 3.05) is 7.11 Å². The molecule has 5 nitrogen and oxygen atoms in total. The van der Waals surface area contributed by atoms with E-state index in [4.69, 9.17) is 9.15 Å². The summed E-state index contributed by atoms with van der Waals surface area (Å²) in [6.07, 6.45) is 0.635. The number of carbonyl (C=O) groups excluding carboxylic acids is 2. The second kappa shape index (κ2) is 7.49. The highest BCUT2D eigenvalue weighted by Gasteiger charge is 2.14. The van der Waals surface area contributed by atoms with E-state index in [1.807, 2.05) is 30.3 Å². The number of rotatable bonds is 6. The van der Waals surface area contributed by atoms with Crippen molar-refractivity contribution in [2.45, 2.75) is 6.54 Å². The Hall–Kier alpha value is -3.34. The lowest BCUT2D eigenvalue weighted by molar-refractivity contribution is 0.0951. The lowest BCUT2D eigenvalue weighted by atomic mass is 10.0. The molecular weight excluding hydrogens is 318 g/mol. The molecule has 0 spiro atoms. The Morgan fingerprint density at radius 1 is 1.08 bits per heavy atom. The third kappa shape index (κ3) is 3.77. The second-order valence-corrected chi connectivity index (χ2v) is 5.40. The molecule has 3 rings (SSSR count). The number of hydrogen-bond donors (Lipinski definition) is 1. The smallest absolute Gasteiger partial charge is 0.252 e. The normalized spacial score (nSPS) is 10.3. The van der Waals surface area contributed by atoms with Crippen LogP contribution in [0.15, 0.2) is 65.1 Å². The van der Waals surface area contributed by atoms with Gasteiger partial charge >= 0.3 is 0 Å². The van der Waals surface area contributed by atoms with Crippen LogP contribution in [0.3, 0.4) is 0 Å². The molecule has 0 fully saturated rings. The van der Waals surface area contributed by atoms with Crippen LogP contribution in [0.2, 0.25) is 0 Å². The first-order valence-electron chi connectivity index (χ1n) is 7.77. The molecule has 25 heavy (non-hydrogen) atoms. The summed E-state index contributed by atoms with van der Waals surface area (Å²) in [5.41, 5.74) is 2.10. The zero-order valence-electron chi connectivity index (χ0n) is 13.7. The molecule has 0 radical (unpaired) electrons. The molecular formula is C20H17NO4. The average Bonchev–Trinajstić information content (AvgIpc) is 3.15. The van der Waals surface area contributed by atoms with E-state index in [1.165, 1.54) is 0 Å². The van der Waals surface area contributed by atoms with Gasteiger partial charge in [-0.25, -0.2) is 0 Å².